The number of aliphatic hydroxyl groups is 1. The lowest BCUT2D eigenvalue weighted by Crippen LogP contribution is -2.37. The fourth-order valence-corrected chi connectivity index (χ4v) is 4.23. The monoisotopic (exact) mass is 416 g/mol. The van der Waals surface area contributed by atoms with Gasteiger partial charge in [0.15, 0.2) is 11.5 Å². The summed E-state index contributed by atoms with van der Waals surface area (Å²) in [4.78, 5) is 19.7. The lowest BCUT2D eigenvalue weighted by molar-refractivity contribution is -0.120. The van der Waals surface area contributed by atoms with Gasteiger partial charge in [0.25, 0.3) is 0 Å². The molecule has 1 N–H and O–H groups in total. The van der Waals surface area contributed by atoms with E-state index in [2.05, 4.69) is 4.98 Å². The van der Waals surface area contributed by atoms with Gasteiger partial charge in [-0.05, 0) is 66.3 Å². The summed E-state index contributed by atoms with van der Waals surface area (Å²) in [6, 6.07) is 15.5. The highest BCUT2D eigenvalue weighted by Gasteiger charge is 2.53. The molecule has 0 spiro atoms. The van der Waals surface area contributed by atoms with Crippen LogP contribution in [0.4, 0.5) is 5.82 Å². The first-order chi connectivity index (χ1) is 15.0. The summed E-state index contributed by atoms with van der Waals surface area (Å²) in [6.07, 6.45) is 3.41. The Hall–Kier alpha value is -3.38. The summed E-state index contributed by atoms with van der Waals surface area (Å²) in [5.74, 6) is 2.08. The number of carbonyl (C=O) groups is 1. The van der Waals surface area contributed by atoms with E-state index in [1.165, 1.54) is 0 Å². The Morgan fingerprint density at radius 1 is 1.13 bits per heavy atom. The van der Waals surface area contributed by atoms with Gasteiger partial charge < -0.3 is 14.6 Å². The predicted octanol–water partition coefficient (Wildman–Crippen LogP) is 3.97. The topological polar surface area (TPSA) is 71.9 Å². The third kappa shape index (κ3) is 3.33. The molecule has 1 saturated carbocycles. The van der Waals surface area contributed by atoms with Crippen molar-refractivity contribution < 1.29 is 19.4 Å². The van der Waals surface area contributed by atoms with Gasteiger partial charge in [-0.1, -0.05) is 24.3 Å². The van der Waals surface area contributed by atoms with Crippen molar-refractivity contribution in [2.45, 2.75) is 31.8 Å². The molecule has 1 fully saturated rings. The lowest BCUT2D eigenvalue weighted by Gasteiger charge is -2.24. The minimum atomic E-state index is -0.528. The van der Waals surface area contributed by atoms with Crippen LogP contribution in [-0.4, -0.2) is 29.8 Å². The van der Waals surface area contributed by atoms with Crippen LogP contribution in [0.2, 0.25) is 0 Å². The van der Waals surface area contributed by atoms with Crippen LogP contribution in [0, 0.1) is 6.92 Å². The third-order valence-corrected chi connectivity index (χ3v) is 6.25. The number of nitrogens with zero attached hydrogens (tertiary/aromatic N) is 2. The average molecular weight is 416 g/mol. The molecule has 158 valence electrons. The molecule has 0 atom stereocenters. The van der Waals surface area contributed by atoms with Gasteiger partial charge in [0.1, 0.15) is 5.82 Å². The first-order valence-electron chi connectivity index (χ1n) is 10.4. The molecule has 0 unspecified atom stereocenters. The quantitative estimate of drug-likeness (QED) is 0.681. The fourth-order valence-electron chi connectivity index (χ4n) is 4.23. The van der Waals surface area contributed by atoms with Crippen LogP contribution in [0.15, 0.2) is 54.7 Å². The number of hydrogen-bond donors (Lipinski definition) is 1. The third-order valence-electron chi connectivity index (χ3n) is 6.25. The van der Waals surface area contributed by atoms with E-state index in [0.29, 0.717) is 11.6 Å². The first-order valence-corrected chi connectivity index (χ1v) is 10.4. The maximum Gasteiger partial charge on any atom is 0.238 e. The number of carbonyl (C=O) groups excluding carboxylic acids is 1. The largest absolute Gasteiger partial charge is 0.454 e. The molecule has 0 saturated heterocycles. The van der Waals surface area contributed by atoms with Crippen LogP contribution in [0.5, 0.6) is 11.5 Å². The Morgan fingerprint density at radius 2 is 1.94 bits per heavy atom. The molecule has 5 rings (SSSR count). The molecule has 1 amide bonds. The van der Waals surface area contributed by atoms with Gasteiger partial charge in [-0.25, -0.2) is 4.98 Å². The molecule has 1 aliphatic carbocycles. The summed E-state index contributed by atoms with van der Waals surface area (Å²) in [6.45, 7) is 2.23. The van der Waals surface area contributed by atoms with Crippen molar-refractivity contribution >= 4 is 11.7 Å². The number of anilines is 1. The van der Waals surface area contributed by atoms with Gasteiger partial charge in [-0.3, -0.25) is 9.69 Å². The van der Waals surface area contributed by atoms with E-state index in [1.807, 2.05) is 55.5 Å². The van der Waals surface area contributed by atoms with E-state index in [9.17, 15) is 9.90 Å². The molecule has 6 heteroatoms. The van der Waals surface area contributed by atoms with Gasteiger partial charge in [-0.2, -0.15) is 0 Å². The average Bonchev–Trinajstić information content (AvgIpc) is 3.48. The number of likely N-dealkylation sites (N-methyl/N-ethyl adjacent to an activating group) is 1. The van der Waals surface area contributed by atoms with Gasteiger partial charge in [0.05, 0.1) is 12.0 Å². The summed E-state index contributed by atoms with van der Waals surface area (Å²) >= 11 is 0. The minimum absolute atomic E-state index is 0.00240. The zero-order chi connectivity index (χ0) is 21.6. The van der Waals surface area contributed by atoms with Crippen molar-refractivity contribution in [3.63, 3.8) is 0 Å². The molecule has 6 nitrogen and oxygen atoms in total. The molecule has 0 radical (unpaired) electrons. The molecular formula is C25H24N2O4. The number of aryl methyl sites for hydroxylation is 1. The Labute approximate surface area is 181 Å². The molecule has 1 aromatic heterocycles. The maximum atomic E-state index is 13.5. The highest BCUT2D eigenvalue weighted by Crippen LogP contribution is 2.51. The Balaban J connectivity index is 1.41. The van der Waals surface area contributed by atoms with Crippen molar-refractivity contribution in [2.75, 3.05) is 18.7 Å². The molecule has 1 aliphatic heterocycles. The van der Waals surface area contributed by atoms with Gasteiger partial charge in [0.2, 0.25) is 12.7 Å². The van der Waals surface area contributed by atoms with Crippen LogP contribution >= 0.6 is 0 Å². The van der Waals surface area contributed by atoms with Gasteiger partial charge in [-0.15, -0.1) is 0 Å². The van der Waals surface area contributed by atoms with Crippen molar-refractivity contribution in [2.24, 2.45) is 0 Å². The number of benzene rings is 2. The molecule has 2 aromatic carbocycles. The Morgan fingerprint density at radius 3 is 2.68 bits per heavy atom. The van der Waals surface area contributed by atoms with Crippen molar-refractivity contribution in [3.05, 3.63) is 71.4 Å². The van der Waals surface area contributed by atoms with E-state index in [0.717, 1.165) is 46.4 Å². The number of hydrogen-bond acceptors (Lipinski definition) is 5. The van der Waals surface area contributed by atoms with Gasteiger partial charge >= 0.3 is 0 Å². The van der Waals surface area contributed by atoms with Gasteiger partial charge in [0, 0.05) is 18.8 Å². The number of fused-ring (bicyclic) bond motifs is 1. The number of aliphatic hydroxyl groups excluding tert-OH is 1. The summed E-state index contributed by atoms with van der Waals surface area (Å²) in [7, 11) is 1.78. The second-order valence-corrected chi connectivity index (χ2v) is 8.23. The van der Waals surface area contributed by atoms with E-state index >= 15 is 0 Å². The molecule has 3 aromatic rings. The fraction of sp³-hybridized carbons (Fsp3) is 0.280. The number of ether oxygens (including phenoxy) is 2. The minimum Gasteiger partial charge on any atom is -0.454 e. The number of aromatic nitrogens is 1. The normalized spacial score (nSPS) is 15.6. The predicted molar refractivity (Wildman–Crippen MR) is 117 cm³/mol. The van der Waals surface area contributed by atoms with Crippen molar-refractivity contribution in [3.8, 4) is 22.6 Å². The van der Waals surface area contributed by atoms with Crippen molar-refractivity contribution in [1.82, 2.24) is 4.98 Å². The summed E-state index contributed by atoms with van der Waals surface area (Å²) in [5.41, 5.74) is 4.29. The van der Waals surface area contributed by atoms with E-state index < -0.39 is 5.41 Å². The smallest absolute Gasteiger partial charge is 0.238 e. The van der Waals surface area contributed by atoms with Crippen LogP contribution in [0.25, 0.3) is 11.1 Å². The first kappa shape index (κ1) is 19.6. The standard InChI is InChI=1S/C25H24N2O4/c1-16-10-23(26-13-20(16)18-5-3-4-17(11-18)14-28)27(2)24(29)25(8-9-25)19-6-7-21-22(12-19)31-15-30-21/h3-7,10-13,28H,8-9,14-15H2,1-2H3. The van der Waals surface area contributed by atoms with E-state index in [-0.39, 0.29) is 19.3 Å². The van der Waals surface area contributed by atoms with Crippen LogP contribution in [0.1, 0.15) is 29.5 Å². The van der Waals surface area contributed by atoms with E-state index in [4.69, 9.17) is 9.47 Å². The lowest BCUT2D eigenvalue weighted by atomic mass is 9.94. The summed E-state index contributed by atoms with van der Waals surface area (Å²) < 4.78 is 10.9. The maximum absolute atomic E-state index is 13.5. The molecule has 2 aliphatic rings. The summed E-state index contributed by atoms with van der Waals surface area (Å²) in [5, 5.41) is 9.41. The second kappa shape index (κ2) is 7.39. The zero-order valence-corrected chi connectivity index (χ0v) is 17.6. The Kier molecular flexibility index (Phi) is 4.67. The number of amides is 1. The Bertz CT molecular complexity index is 1170. The number of rotatable bonds is 5. The highest BCUT2D eigenvalue weighted by atomic mass is 16.7. The van der Waals surface area contributed by atoms with Crippen LogP contribution < -0.4 is 14.4 Å². The van der Waals surface area contributed by atoms with Crippen LogP contribution in [-0.2, 0) is 16.8 Å². The molecule has 2 heterocycles. The second-order valence-electron chi connectivity index (χ2n) is 8.23. The molecule has 0 bridgehead atoms. The van der Waals surface area contributed by atoms with E-state index in [1.54, 1.807) is 18.1 Å². The molecule has 31 heavy (non-hydrogen) atoms. The highest BCUT2D eigenvalue weighted by molar-refractivity contribution is 6.02. The van der Waals surface area contributed by atoms with Crippen LogP contribution in [0.3, 0.4) is 0 Å². The van der Waals surface area contributed by atoms with Crippen molar-refractivity contribution in [1.29, 1.82) is 0 Å². The molecular weight excluding hydrogens is 392 g/mol. The number of pyridine rings is 1. The SMILES string of the molecule is Cc1cc(N(C)C(=O)C2(c3ccc4c(c3)OCO4)CC2)ncc1-c1cccc(CO)c1. The zero-order valence-electron chi connectivity index (χ0n) is 17.6.